The third kappa shape index (κ3) is 3.57. The van der Waals surface area contributed by atoms with Gasteiger partial charge in [0.05, 0.1) is 4.88 Å². The molecule has 3 fully saturated rings. The molecule has 1 aromatic carbocycles. The second-order valence-corrected chi connectivity index (χ2v) is 9.80. The molecule has 1 aliphatic carbocycles. The Kier molecular flexibility index (Phi) is 4.87. The van der Waals surface area contributed by atoms with Crippen molar-refractivity contribution < 1.29 is 9.59 Å². The minimum absolute atomic E-state index is 0.199. The smallest absolute Gasteiger partial charge is 0.263 e. The Morgan fingerprint density at radius 2 is 1.43 bits per heavy atom. The summed E-state index contributed by atoms with van der Waals surface area (Å²) in [6, 6.07) is 10.3. The molecule has 0 radical (unpaired) electrons. The molecule has 0 unspecified atom stereocenters. The van der Waals surface area contributed by atoms with E-state index in [0.717, 1.165) is 75.5 Å². The van der Waals surface area contributed by atoms with E-state index in [-0.39, 0.29) is 5.91 Å². The van der Waals surface area contributed by atoms with Crippen LogP contribution in [0, 0.1) is 17.8 Å². The third-order valence-electron chi connectivity index (χ3n) is 6.91. The molecule has 1 aromatic heterocycles. The summed E-state index contributed by atoms with van der Waals surface area (Å²) >= 11 is 1.61. The minimum Gasteiger partial charge on any atom is -0.342 e. The van der Waals surface area contributed by atoms with Crippen molar-refractivity contribution in [3.63, 3.8) is 0 Å². The van der Waals surface area contributed by atoms with Crippen LogP contribution in [0.1, 0.15) is 48.2 Å². The van der Waals surface area contributed by atoms with Gasteiger partial charge in [0.25, 0.3) is 5.91 Å². The molecule has 5 heteroatoms. The fourth-order valence-electron chi connectivity index (χ4n) is 5.00. The number of nitrogens with zero attached hydrogens (tertiary/aromatic N) is 2. The lowest BCUT2D eigenvalue weighted by molar-refractivity contribution is -0.134. The first kappa shape index (κ1) is 18.2. The second-order valence-electron chi connectivity index (χ2n) is 8.72. The van der Waals surface area contributed by atoms with E-state index in [1.807, 2.05) is 23.1 Å². The van der Waals surface area contributed by atoms with Crippen molar-refractivity contribution in [1.29, 1.82) is 0 Å². The first-order chi connectivity index (χ1) is 13.7. The van der Waals surface area contributed by atoms with E-state index in [1.54, 1.807) is 11.3 Å². The third-order valence-corrected chi connectivity index (χ3v) is 8.01. The predicted molar refractivity (Wildman–Crippen MR) is 112 cm³/mol. The number of carbonyl (C=O) groups excluding carboxylic acids is 2. The lowest BCUT2D eigenvalue weighted by Crippen LogP contribution is -2.44. The van der Waals surface area contributed by atoms with Gasteiger partial charge in [0.2, 0.25) is 5.91 Å². The van der Waals surface area contributed by atoms with Gasteiger partial charge in [-0.25, -0.2) is 0 Å². The summed E-state index contributed by atoms with van der Waals surface area (Å²) in [6.07, 6.45) is 6.71. The molecule has 3 heterocycles. The molecular weight excluding hydrogens is 368 g/mol. The molecule has 1 saturated carbocycles. The monoisotopic (exact) mass is 396 g/mol. The van der Waals surface area contributed by atoms with Crippen molar-refractivity contribution in [2.75, 3.05) is 26.2 Å². The summed E-state index contributed by atoms with van der Waals surface area (Å²) in [5.74, 6) is 2.39. The zero-order valence-corrected chi connectivity index (χ0v) is 17.1. The molecule has 0 N–H and O–H groups in total. The first-order valence-corrected chi connectivity index (χ1v) is 11.6. The number of benzene rings is 1. The highest BCUT2D eigenvalue weighted by Crippen LogP contribution is 2.36. The number of hydrogen-bond donors (Lipinski definition) is 0. The van der Waals surface area contributed by atoms with Crippen LogP contribution in [0.5, 0.6) is 0 Å². The average molecular weight is 397 g/mol. The van der Waals surface area contributed by atoms with Crippen molar-refractivity contribution in [3.05, 3.63) is 35.2 Å². The van der Waals surface area contributed by atoms with Gasteiger partial charge in [0, 0.05) is 36.8 Å². The number of hydrogen-bond acceptors (Lipinski definition) is 3. The molecule has 148 valence electrons. The maximum Gasteiger partial charge on any atom is 0.263 e. The molecule has 28 heavy (non-hydrogen) atoms. The summed E-state index contributed by atoms with van der Waals surface area (Å²) in [5.41, 5.74) is 0. The molecule has 0 bridgehead atoms. The maximum absolute atomic E-state index is 12.9. The largest absolute Gasteiger partial charge is 0.342 e. The van der Waals surface area contributed by atoms with Gasteiger partial charge in [-0.3, -0.25) is 9.59 Å². The van der Waals surface area contributed by atoms with Gasteiger partial charge in [-0.1, -0.05) is 18.2 Å². The Labute approximate surface area is 170 Å². The number of rotatable bonds is 3. The minimum atomic E-state index is 0.199. The van der Waals surface area contributed by atoms with Crippen LogP contribution in [0.3, 0.4) is 0 Å². The zero-order chi connectivity index (χ0) is 19.1. The number of likely N-dealkylation sites (tertiary alicyclic amines) is 2. The fourth-order valence-corrected chi connectivity index (χ4v) is 6.03. The van der Waals surface area contributed by atoms with Crippen molar-refractivity contribution >= 4 is 33.2 Å². The fraction of sp³-hybridized carbons (Fsp3) is 0.565. The quantitative estimate of drug-likeness (QED) is 0.771. The SMILES string of the molecule is O=C(c1cc2ccccc2s1)N1CCC(C2CCN(C(=O)C3CC3)CC2)CC1. The molecular formula is C23H28N2O2S. The van der Waals surface area contributed by atoms with Gasteiger partial charge in [0.1, 0.15) is 0 Å². The molecule has 5 rings (SSSR count). The topological polar surface area (TPSA) is 40.6 Å². The Balaban J connectivity index is 1.14. The molecule has 2 aliphatic heterocycles. The van der Waals surface area contributed by atoms with Gasteiger partial charge >= 0.3 is 0 Å². The average Bonchev–Trinajstić information content (AvgIpc) is 3.51. The molecule has 0 spiro atoms. The molecule has 2 saturated heterocycles. The Bertz CT molecular complexity index is 839. The van der Waals surface area contributed by atoms with E-state index in [4.69, 9.17) is 0 Å². The number of amides is 2. The van der Waals surface area contributed by atoms with Crippen molar-refractivity contribution in [1.82, 2.24) is 9.80 Å². The Morgan fingerprint density at radius 1 is 0.821 bits per heavy atom. The van der Waals surface area contributed by atoms with E-state index in [9.17, 15) is 9.59 Å². The van der Waals surface area contributed by atoms with Gasteiger partial charge < -0.3 is 9.80 Å². The number of carbonyl (C=O) groups is 2. The predicted octanol–water partition coefficient (Wildman–Crippen LogP) is 4.40. The number of piperidine rings is 2. The summed E-state index contributed by atoms with van der Waals surface area (Å²) in [7, 11) is 0. The lowest BCUT2D eigenvalue weighted by Gasteiger charge is -2.40. The van der Waals surface area contributed by atoms with E-state index in [0.29, 0.717) is 17.7 Å². The van der Waals surface area contributed by atoms with E-state index < -0.39 is 0 Å². The summed E-state index contributed by atoms with van der Waals surface area (Å²) in [4.78, 5) is 30.2. The lowest BCUT2D eigenvalue weighted by atomic mass is 9.78. The number of thiophene rings is 1. The van der Waals surface area contributed by atoms with Crippen LogP contribution in [0.15, 0.2) is 30.3 Å². The molecule has 4 nitrogen and oxygen atoms in total. The summed E-state index contributed by atoms with van der Waals surface area (Å²) in [5, 5.41) is 1.17. The van der Waals surface area contributed by atoms with Crippen LogP contribution in [-0.2, 0) is 4.79 Å². The van der Waals surface area contributed by atoms with E-state index >= 15 is 0 Å². The molecule has 2 aromatic rings. The van der Waals surface area contributed by atoms with Crippen LogP contribution < -0.4 is 0 Å². The van der Waals surface area contributed by atoms with Gasteiger partial charge in [-0.05, 0) is 67.9 Å². The van der Waals surface area contributed by atoms with Crippen LogP contribution in [0.2, 0.25) is 0 Å². The summed E-state index contributed by atoms with van der Waals surface area (Å²) < 4.78 is 1.19. The van der Waals surface area contributed by atoms with Crippen LogP contribution >= 0.6 is 11.3 Å². The maximum atomic E-state index is 12.9. The van der Waals surface area contributed by atoms with E-state index in [1.165, 1.54) is 10.1 Å². The highest BCUT2D eigenvalue weighted by Gasteiger charge is 2.37. The van der Waals surface area contributed by atoms with Gasteiger partial charge in [0.15, 0.2) is 0 Å². The van der Waals surface area contributed by atoms with Crippen LogP contribution in [0.4, 0.5) is 0 Å². The molecule has 2 amide bonds. The zero-order valence-electron chi connectivity index (χ0n) is 16.3. The van der Waals surface area contributed by atoms with Crippen molar-refractivity contribution in [2.45, 2.75) is 38.5 Å². The first-order valence-electron chi connectivity index (χ1n) is 10.8. The Morgan fingerprint density at radius 3 is 2.04 bits per heavy atom. The van der Waals surface area contributed by atoms with Gasteiger partial charge in [-0.2, -0.15) is 0 Å². The normalized spacial score (nSPS) is 22.0. The summed E-state index contributed by atoms with van der Waals surface area (Å²) in [6.45, 7) is 3.64. The van der Waals surface area contributed by atoms with Crippen molar-refractivity contribution in [2.24, 2.45) is 17.8 Å². The van der Waals surface area contributed by atoms with Crippen molar-refractivity contribution in [3.8, 4) is 0 Å². The number of fused-ring (bicyclic) bond motifs is 1. The van der Waals surface area contributed by atoms with Crippen LogP contribution in [-0.4, -0.2) is 47.8 Å². The Hall–Kier alpha value is -1.88. The highest BCUT2D eigenvalue weighted by molar-refractivity contribution is 7.20. The molecule has 0 atom stereocenters. The standard InChI is InChI=1S/C23H28N2O2S/c26-22(18-5-6-18)24-11-7-16(8-12-24)17-9-13-25(14-10-17)23(27)21-15-19-3-1-2-4-20(19)28-21/h1-4,15-18H,5-14H2. The van der Waals surface area contributed by atoms with E-state index in [2.05, 4.69) is 17.0 Å². The van der Waals surface area contributed by atoms with Gasteiger partial charge in [-0.15, -0.1) is 11.3 Å². The second kappa shape index (κ2) is 7.51. The molecule has 3 aliphatic rings. The highest BCUT2D eigenvalue weighted by atomic mass is 32.1. The van der Waals surface area contributed by atoms with Crippen LogP contribution in [0.25, 0.3) is 10.1 Å².